The Morgan fingerprint density at radius 2 is 1.81 bits per heavy atom. The van der Waals surface area contributed by atoms with Gasteiger partial charge in [0.15, 0.2) is 0 Å². The lowest BCUT2D eigenvalue weighted by molar-refractivity contribution is -0.119. The summed E-state index contributed by atoms with van der Waals surface area (Å²) in [6.07, 6.45) is 1.56. The number of nitrogens with zero attached hydrogens (tertiary/aromatic N) is 1. The highest BCUT2D eigenvalue weighted by molar-refractivity contribution is 8.03. The Labute approximate surface area is 189 Å². The van der Waals surface area contributed by atoms with Crippen molar-refractivity contribution in [2.45, 2.75) is 25.7 Å². The van der Waals surface area contributed by atoms with Crippen LogP contribution in [0.4, 0.5) is 5.69 Å². The molecule has 0 saturated heterocycles. The SMILES string of the molecule is CC(C)Oc1cccc(N2C(=O)C(SCc3ccco3)=C(c3ccc(Cl)cc3)C2=O)c1. The fourth-order valence-electron chi connectivity index (χ4n) is 3.26. The van der Waals surface area contributed by atoms with E-state index in [1.54, 1.807) is 60.9 Å². The molecular formula is C24H20ClNO4S. The monoisotopic (exact) mass is 453 g/mol. The van der Waals surface area contributed by atoms with Crippen LogP contribution in [0.5, 0.6) is 5.75 Å². The quantitative estimate of drug-likeness (QED) is 0.414. The third kappa shape index (κ3) is 4.55. The molecule has 3 aromatic rings. The second-order valence-corrected chi connectivity index (χ2v) is 8.61. The number of anilines is 1. The van der Waals surface area contributed by atoms with Gasteiger partial charge >= 0.3 is 0 Å². The second kappa shape index (κ2) is 9.04. The first-order valence-corrected chi connectivity index (χ1v) is 11.1. The van der Waals surface area contributed by atoms with Gasteiger partial charge < -0.3 is 9.15 Å². The van der Waals surface area contributed by atoms with Crippen molar-refractivity contribution in [3.05, 3.63) is 88.2 Å². The van der Waals surface area contributed by atoms with Gasteiger partial charge in [-0.25, -0.2) is 4.90 Å². The Balaban J connectivity index is 1.72. The van der Waals surface area contributed by atoms with Gasteiger partial charge in [0.1, 0.15) is 11.5 Å². The number of thioether (sulfide) groups is 1. The number of halogens is 1. The number of carbonyl (C=O) groups is 2. The molecule has 0 fully saturated rings. The third-order valence-corrected chi connectivity index (χ3v) is 5.91. The maximum Gasteiger partial charge on any atom is 0.272 e. The first-order valence-electron chi connectivity index (χ1n) is 9.75. The number of benzene rings is 2. The molecule has 5 nitrogen and oxygen atoms in total. The van der Waals surface area contributed by atoms with E-state index in [-0.39, 0.29) is 17.9 Å². The van der Waals surface area contributed by atoms with E-state index in [0.717, 1.165) is 5.76 Å². The fraction of sp³-hybridized carbons (Fsp3) is 0.167. The van der Waals surface area contributed by atoms with Gasteiger partial charge in [-0.3, -0.25) is 9.59 Å². The second-order valence-electron chi connectivity index (χ2n) is 7.19. The zero-order valence-electron chi connectivity index (χ0n) is 17.0. The van der Waals surface area contributed by atoms with E-state index < -0.39 is 0 Å². The summed E-state index contributed by atoms with van der Waals surface area (Å²) in [5, 5.41) is 0.557. The van der Waals surface area contributed by atoms with Gasteiger partial charge in [0.2, 0.25) is 0 Å². The molecule has 0 bridgehead atoms. The Kier molecular flexibility index (Phi) is 6.20. The Hall–Kier alpha value is -2.96. The summed E-state index contributed by atoms with van der Waals surface area (Å²) in [6, 6.07) is 17.5. The molecule has 4 rings (SSSR count). The number of imide groups is 1. The minimum absolute atomic E-state index is 0.0256. The van der Waals surface area contributed by atoms with Crippen molar-refractivity contribution in [1.29, 1.82) is 0 Å². The molecule has 1 aromatic heterocycles. The zero-order valence-corrected chi connectivity index (χ0v) is 18.6. The lowest BCUT2D eigenvalue weighted by Gasteiger charge is -2.17. The summed E-state index contributed by atoms with van der Waals surface area (Å²) >= 11 is 7.31. The standard InChI is InChI=1S/C24H20ClNO4S/c1-15(2)30-19-6-3-5-18(13-19)26-23(27)21(16-8-10-17(25)11-9-16)22(24(26)28)31-14-20-7-4-12-29-20/h3-13,15H,14H2,1-2H3. The summed E-state index contributed by atoms with van der Waals surface area (Å²) < 4.78 is 11.1. The molecule has 0 N–H and O–H groups in total. The Morgan fingerprint density at radius 1 is 1.03 bits per heavy atom. The van der Waals surface area contributed by atoms with Crippen LogP contribution in [0.25, 0.3) is 5.57 Å². The highest BCUT2D eigenvalue weighted by atomic mass is 35.5. The first-order chi connectivity index (χ1) is 14.9. The van der Waals surface area contributed by atoms with E-state index >= 15 is 0 Å². The third-order valence-electron chi connectivity index (χ3n) is 4.56. The predicted octanol–water partition coefficient (Wildman–Crippen LogP) is 5.94. The molecular weight excluding hydrogens is 434 g/mol. The highest BCUT2D eigenvalue weighted by Gasteiger charge is 2.40. The average Bonchev–Trinajstić information content (AvgIpc) is 3.33. The van der Waals surface area contributed by atoms with Gasteiger partial charge in [-0.05, 0) is 55.8 Å². The van der Waals surface area contributed by atoms with Crippen molar-refractivity contribution in [1.82, 2.24) is 0 Å². The fourth-order valence-corrected chi connectivity index (χ4v) is 4.40. The van der Waals surface area contributed by atoms with Crippen molar-refractivity contribution >= 4 is 46.4 Å². The number of carbonyl (C=O) groups excluding carboxylic acids is 2. The minimum atomic E-state index is -0.379. The average molecular weight is 454 g/mol. The molecule has 1 aliphatic rings. The van der Waals surface area contributed by atoms with Gasteiger partial charge in [-0.2, -0.15) is 0 Å². The summed E-state index contributed by atoms with van der Waals surface area (Å²) in [7, 11) is 0. The molecule has 2 amide bonds. The number of ether oxygens (including phenoxy) is 1. The van der Waals surface area contributed by atoms with E-state index in [4.69, 9.17) is 20.8 Å². The van der Waals surface area contributed by atoms with Gasteiger partial charge in [0.05, 0.1) is 34.3 Å². The maximum atomic E-state index is 13.4. The summed E-state index contributed by atoms with van der Waals surface area (Å²) in [5.74, 6) is 1.00. The van der Waals surface area contributed by atoms with Crippen molar-refractivity contribution in [2.75, 3.05) is 4.90 Å². The molecule has 0 aliphatic carbocycles. The number of hydrogen-bond donors (Lipinski definition) is 0. The number of amides is 2. The largest absolute Gasteiger partial charge is 0.491 e. The number of hydrogen-bond acceptors (Lipinski definition) is 5. The molecule has 31 heavy (non-hydrogen) atoms. The lowest BCUT2D eigenvalue weighted by atomic mass is 10.1. The number of rotatable bonds is 7. The summed E-state index contributed by atoms with van der Waals surface area (Å²) in [5.41, 5.74) is 1.46. The van der Waals surface area contributed by atoms with E-state index in [1.165, 1.54) is 16.7 Å². The van der Waals surface area contributed by atoms with Crippen LogP contribution in [0.2, 0.25) is 5.02 Å². The molecule has 0 spiro atoms. The van der Waals surface area contributed by atoms with Crippen LogP contribution in [-0.4, -0.2) is 17.9 Å². The summed E-state index contributed by atoms with van der Waals surface area (Å²) in [6.45, 7) is 3.84. The molecule has 1 aliphatic heterocycles. The van der Waals surface area contributed by atoms with E-state index in [2.05, 4.69) is 0 Å². The predicted molar refractivity (Wildman–Crippen MR) is 123 cm³/mol. The van der Waals surface area contributed by atoms with Gasteiger partial charge in [-0.15, -0.1) is 11.8 Å². The number of furan rings is 1. The van der Waals surface area contributed by atoms with E-state index in [9.17, 15) is 9.59 Å². The van der Waals surface area contributed by atoms with Crippen LogP contribution in [-0.2, 0) is 15.3 Å². The molecule has 2 aromatic carbocycles. The lowest BCUT2D eigenvalue weighted by Crippen LogP contribution is -2.31. The van der Waals surface area contributed by atoms with Crippen LogP contribution in [0.1, 0.15) is 25.2 Å². The molecule has 7 heteroatoms. The molecule has 158 valence electrons. The topological polar surface area (TPSA) is 59.8 Å². The molecule has 0 atom stereocenters. The molecule has 0 unspecified atom stereocenters. The smallest absolute Gasteiger partial charge is 0.272 e. The Bertz CT molecular complexity index is 1140. The van der Waals surface area contributed by atoms with Gasteiger partial charge in [0, 0.05) is 11.1 Å². The van der Waals surface area contributed by atoms with Crippen LogP contribution in [0.15, 0.2) is 76.2 Å². The minimum Gasteiger partial charge on any atom is -0.491 e. The van der Waals surface area contributed by atoms with Crippen molar-refractivity contribution in [2.24, 2.45) is 0 Å². The van der Waals surface area contributed by atoms with E-state index in [0.29, 0.717) is 38.3 Å². The maximum absolute atomic E-state index is 13.4. The summed E-state index contributed by atoms with van der Waals surface area (Å²) in [4.78, 5) is 28.4. The van der Waals surface area contributed by atoms with Crippen LogP contribution >= 0.6 is 23.4 Å². The normalized spacial score (nSPS) is 14.1. The van der Waals surface area contributed by atoms with Crippen LogP contribution in [0.3, 0.4) is 0 Å². The first kappa shape index (κ1) is 21.3. The van der Waals surface area contributed by atoms with Crippen LogP contribution < -0.4 is 9.64 Å². The van der Waals surface area contributed by atoms with E-state index in [1.807, 2.05) is 19.9 Å². The zero-order chi connectivity index (χ0) is 22.0. The van der Waals surface area contributed by atoms with Crippen LogP contribution in [0, 0.1) is 0 Å². The molecule has 2 heterocycles. The van der Waals surface area contributed by atoms with Gasteiger partial charge in [0.25, 0.3) is 11.8 Å². The van der Waals surface area contributed by atoms with Crippen molar-refractivity contribution < 1.29 is 18.7 Å². The molecule has 0 saturated carbocycles. The van der Waals surface area contributed by atoms with Crippen molar-refractivity contribution in [3.63, 3.8) is 0 Å². The molecule has 0 radical (unpaired) electrons. The highest BCUT2D eigenvalue weighted by Crippen LogP contribution is 2.40. The van der Waals surface area contributed by atoms with Crippen molar-refractivity contribution in [3.8, 4) is 5.75 Å². The Morgan fingerprint density at radius 3 is 2.48 bits per heavy atom. The van der Waals surface area contributed by atoms with Gasteiger partial charge in [-0.1, -0.05) is 29.8 Å².